The molecule has 0 bridgehead atoms. The van der Waals surface area contributed by atoms with Gasteiger partial charge in [-0.3, -0.25) is 0 Å². The first-order valence-electron chi connectivity index (χ1n) is 5.22. The molecule has 0 spiro atoms. The molecule has 17 heavy (non-hydrogen) atoms. The minimum absolute atomic E-state index is 0.0169. The Hall–Kier alpha value is -1.82. The summed E-state index contributed by atoms with van der Waals surface area (Å²) in [6.07, 6.45) is 2.23. The molecular weight excluding hydrogens is 226 g/mol. The van der Waals surface area contributed by atoms with Crippen LogP contribution in [0.3, 0.4) is 0 Å². The van der Waals surface area contributed by atoms with Crippen molar-refractivity contribution in [3.05, 3.63) is 47.3 Å². The topological polar surface area (TPSA) is 56.7 Å². The van der Waals surface area contributed by atoms with Gasteiger partial charge in [-0.05, 0) is 18.7 Å². The van der Waals surface area contributed by atoms with Crippen LogP contribution in [0.25, 0.3) is 0 Å². The number of hydrogen-bond acceptors (Lipinski definition) is 3. The van der Waals surface area contributed by atoms with Crippen molar-refractivity contribution < 1.29 is 8.78 Å². The van der Waals surface area contributed by atoms with Crippen LogP contribution < -0.4 is 5.73 Å². The van der Waals surface area contributed by atoms with Gasteiger partial charge in [0.05, 0.1) is 12.2 Å². The lowest BCUT2D eigenvalue weighted by Crippen LogP contribution is -2.05. The Balaban J connectivity index is 2.19. The molecule has 0 saturated carbocycles. The fourth-order valence-corrected chi connectivity index (χ4v) is 1.52. The molecule has 1 aromatic carbocycles. The summed E-state index contributed by atoms with van der Waals surface area (Å²) in [5.41, 5.74) is 6.07. The SMILES string of the molecule is NCCc1cn(Cc2c(F)cccc2F)nn1. The first kappa shape index (κ1) is 11.7. The van der Waals surface area contributed by atoms with Gasteiger partial charge in [0, 0.05) is 18.2 Å². The molecule has 2 aromatic rings. The van der Waals surface area contributed by atoms with Crippen LogP contribution in [-0.2, 0) is 13.0 Å². The van der Waals surface area contributed by atoms with Gasteiger partial charge >= 0.3 is 0 Å². The highest BCUT2D eigenvalue weighted by Gasteiger charge is 2.10. The van der Waals surface area contributed by atoms with E-state index in [9.17, 15) is 8.78 Å². The third-order valence-electron chi connectivity index (χ3n) is 2.37. The van der Waals surface area contributed by atoms with E-state index in [1.807, 2.05) is 0 Å². The Kier molecular flexibility index (Phi) is 3.43. The number of nitrogens with two attached hydrogens (primary N) is 1. The normalized spacial score (nSPS) is 10.8. The van der Waals surface area contributed by atoms with E-state index in [0.29, 0.717) is 18.7 Å². The van der Waals surface area contributed by atoms with Gasteiger partial charge in [-0.2, -0.15) is 0 Å². The molecule has 2 N–H and O–H groups in total. The third-order valence-corrected chi connectivity index (χ3v) is 2.37. The lowest BCUT2D eigenvalue weighted by molar-refractivity contribution is 0.528. The van der Waals surface area contributed by atoms with E-state index in [4.69, 9.17) is 5.73 Å². The molecule has 1 aromatic heterocycles. The monoisotopic (exact) mass is 238 g/mol. The zero-order valence-electron chi connectivity index (χ0n) is 9.11. The van der Waals surface area contributed by atoms with Crippen molar-refractivity contribution in [2.75, 3.05) is 6.54 Å². The molecular formula is C11H12F2N4. The molecule has 2 rings (SSSR count). The van der Waals surface area contributed by atoms with Crippen molar-refractivity contribution in [1.82, 2.24) is 15.0 Å². The highest BCUT2D eigenvalue weighted by Crippen LogP contribution is 2.13. The molecule has 0 aliphatic rings. The van der Waals surface area contributed by atoms with Gasteiger partial charge in [0.2, 0.25) is 0 Å². The van der Waals surface area contributed by atoms with Crippen LogP contribution >= 0.6 is 0 Å². The van der Waals surface area contributed by atoms with Crippen LogP contribution in [-0.4, -0.2) is 21.5 Å². The number of hydrogen-bond donors (Lipinski definition) is 1. The Morgan fingerprint density at radius 1 is 1.24 bits per heavy atom. The quantitative estimate of drug-likeness (QED) is 0.868. The minimum Gasteiger partial charge on any atom is -0.330 e. The molecule has 4 nitrogen and oxygen atoms in total. The molecule has 0 fully saturated rings. The van der Waals surface area contributed by atoms with Crippen molar-refractivity contribution in [1.29, 1.82) is 0 Å². The fourth-order valence-electron chi connectivity index (χ4n) is 1.52. The molecule has 0 aliphatic heterocycles. The van der Waals surface area contributed by atoms with E-state index >= 15 is 0 Å². The number of halogens is 2. The summed E-state index contributed by atoms with van der Waals surface area (Å²) in [5.74, 6) is -1.17. The second-order valence-corrected chi connectivity index (χ2v) is 3.65. The summed E-state index contributed by atoms with van der Waals surface area (Å²) in [6.45, 7) is 0.489. The van der Waals surface area contributed by atoms with E-state index in [0.717, 1.165) is 0 Å². The summed E-state index contributed by atoms with van der Waals surface area (Å²) in [6, 6.07) is 3.77. The van der Waals surface area contributed by atoms with Crippen LogP contribution in [0.1, 0.15) is 11.3 Å². The second kappa shape index (κ2) is 5.01. The number of aromatic nitrogens is 3. The zero-order chi connectivity index (χ0) is 12.3. The molecule has 0 unspecified atom stereocenters. The lowest BCUT2D eigenvalue weighted by atomic mass is 10.2. The zero-order valence-corrected chi connectivity index (χ0v) is 9.11. The second-order valence-electron chi connectivity index (χ2n) is 3.65. The van der Waals surface area contributed by atoms with Crippen LogP contribution in [0.2, 0.25) is 0 Å². The van der Waals surface area contributed by atoms with Crippen molar-refractivity contribution in [2.45, 2.75) is 13.0 Å². The van der Waals surface area contributed by atoms with E-state index in [2.05, 4.69) is 10.3 Å². The predicted octanol–water partition coefficient (Wildman–Crippen LogP) is 1.11. The number of benzene rings is 1. The number of nitrogens with zero attached hydrogens (tertiary/aromatic N) is 3. The van der Waals surface area contributed by atoms with Crippen molar-refractivity contribution in [3.63, 3.8) is 0 Å². The van der Waals surface area contributed by atoms with Crippen molar-refractivity contribution in [3.8, 4) is 0 Å². The van der Waals surface area contributed by atoms with Gasteiger partial charge in [-0.1, -0.05) is 11.3 Å². The molecule has 6 heteroatoms. The molecule has 1 heterocycles. The van der Waals surface area contributed by atoms with E-state index < -0.39 is 11.6 Å². The molecule has 0 amide bonds. The molecule has 0 aliphatic carbocycles. The Labute approximate surface area is 97.0 Å². The molecule has 0 atom stereocenters. The standard InChI is InChI=1S/C11H12F2N4/c12-10-2-1-3-11(13)9(10)7-17-6-8(4-5-14)15-16-17/h1-3,6H,4-5,7,14H2. The minimum atomic E-state index is -0.583. The predicted molar refractivity (Wildman–Crippen MR) is 58.2 cm³/mol. The van der Waals surface area contributed by atoms with Gasteiger partial charge in [0.25, 0.3) is 0 Å². The summed E-state index contributed by atoms with van der Waals surface area (Å²) >= 11 is 0. The average molecular weight is 238 g/mol. The van der Waals surface area contributed by atoms with Crippen LogP contribution in [0.4, 0.5) is 8.78 Å². The first-order valence-corrected chi connectivity index (χ1v) is 5.22. The van der Waals surface area contributed by atoms with Crippen molar-refractivity contribution in [2.24, 2.45) is 5.73 Å². The average Bonchev–Trinajstić information content (AvgIpc) is 2.72. The van der Waals surface area contributed by atoms with E-state index in [-0.39, 0.29) is 12.1 Å². The highest BCUT2D eigenvalue weighted by molar-refractivity contribution is 5.19. The lowest BCUT2D eigenvalue weighted by Gasteiger charge is -2.03. The van der Waals surface area contributed by atoms with Gasteiger partial charge in [0.1, 0.15) is 11.6 Å². The maximum atomic E-state index is 13.4. The Bertz CT molecular complexity index is 490. The molecule has 0 saturated heterocycles. The Morgan fingerprint density at radius 3 is 2.59 bits per heavy atom. The maximum Gasteiger partial charge on any atom is 0.131 e. The van der Waals surface area contributed by atoms with Crippen LogP contribution in [0.5, 0.6) is 0 Å². The summed E-state index contributed by atoms with van der Waals surface area (Å²) in [4.78, 5) is 0. The molecule has 90 valence electrons. The largest absolute Gasteiger partial charge is 0.330 e. The van der Waals surface area contributed by atoms with Crippen molar-refractivity contribution >= 4 is 0 Å². The fraction of sp³-hybridized carbons (Fsp3) is 0.273. The van der Waals surface area contributed by atoms with Gasteiger partial charge < -0.3 is 5.73 Å². The Morgan fingerprint density at radius 2 is 1.94 bits per heavy atom. The van der Waals surface area contributed by atoms with Gasteiger partial charge in [0.15, 0.2) is 0 Å². The van der Waals surface area contributed by atoms with Crippen LogP contribution in [0, 0.1) is 11.6 Å². The van der Waals surface area contributed by atoms with Gasteiger partial charge in [-0.15, -0.1) is 5.10 Å². The van der Waals surface area contributed by atoms with Gasteiger partial charge in [-0.25, -0.2) is 13.5 Å². The smallest absolute Gasteiger partial charge is 0.131 e. The first-order chi connectivity index (χ1) is 8.20. The number of rotatable bonds is 4. The maximum absolute atomic E-state index is 13.4. The van der Waals surface area contributed by atoms with E-state index in [1.165, 1.54) is 22.9 Å². The summed E-state index contributed by atoms with van der Waals surface area (Å²) < 4.78 is 28.1. The van der Waals surface area contributed by atoms with Crippen LogP contribution in [0.15, 0.2) is 24.4 Å². The highest BCUT2D eigenvalue weighted by atomic mass is 19.1. The summed E-state index contributed by atoms with van der Waals surface area (Å²) in [5, 5.41) is 7.64. The summed E-state index contributed by atoms with van der Waals surface area (Å²) in [7, 11) is 0. The van der Waals surface area contributed by atoms with E-state index in [1.54, 1.807) is 6.20 Å². The molecule has 0 radical (unpaired) electrons. The third kappa shape index (κ3) is 2.65.